The standard InChI is InChI=1S/C9H8BrNO4/c1-2-5-3-6(9(12)13)4-7(8(5)10)11(14)15/h3-4H,2H2,1H3,(H,12,13). The van der Waals surface area contributed by atoms with Crippen molar-refractivity contribution in [3.05, 3.63) is 37.8 Å². The van der Waals surface area contributed by atoms with Crippen LogP contribution in [-0.4, -0.2) is 16.0 Å². The van der Waals surface area contributed by atoms with E-state index in [0.717, 1.165) is 6.07 Å². The molecule has 1 rings (SSSR count). The molecular formula is C9H8BrNO4. The van der Waals surface area contributed by atoms with E-state index >= 15 is 0 Å². The summed E-state index contributed by atoms with van der Waals surface area (Å²) in [7, 11) is 0. The average Bonchev–Trinajstić information content (AvgIpc) is 2.17. The lowest BCUT2D eigenvalue weighted by atomic mass is 10.1. The van der Waals surface area contributed by atoms with Crippen LogP contribution in [0.3, 0.4) is 0 Å². The van der Waals surface area contributed by atoms with Gasteiger partial charge in [-0.05, 0) is 34.0 Å². The number of carbonyl (C=O) groups is 1. The van der Waals surface area contributed by atoms with Crippen LogP contribution in [0.5, 0.6) is 0 Å². The second-order valence-electron chi connectivity index (χ2n) is 2.88. The summed E-state index contributed by atoms with van der Waals surface area (Å²) in [5.74, 6) is -1.17. The van der Waals surface area contributed by atoms with Crippen molar-refractivity contribution in [2.24, 2.45) is 0 Å². The molecule has 0 unspecified atom stereocenters. The Balaban J connectivity index is 3.45. The lowest BCUT2D eigenvalue weighted by Crippen LogP contribution is -2.01. The zero-order chi connectivity index (χ0) is 11.6. The van der Waals surface area contributed by atoms with Crippen LogP contribution in [0.25, 0.3) is 0 Å². The van der Waals surface area contributed by atoms with Crippen molar-refractivity contribution in [2.45, 2.75) is 13.3 Å². The molecule has 80 valence electrons. The predicted molar refractivity (Wildman–Crippen MR) is 57.1 cm³/mol. The number of nitro benzene ring substituents is 1. The molecule has 0 fully saturated rings. The highest BCUT2D eigenvalue weighted by Gasteiger charge is 2.19. The second-order valence-corrected chi connectivity index (χ2v) is 3.68. The van der Waals surface area contributed by atoms with Gasteiger partial charge in [0.2, 0.25) is 0 Å². The van der Waals surface area contributed by atoms with Gasteiger partial charge in [-0.15, -0.1) is 0 Å². The maximum Gasteiger partial charge on any atom is 0.335 e. The summed E-state index contributed by atoms with van der Waals surface area (Å²) in [6, 6.07) is 2.48. The monoisotopic (exact) mass is 273 g/mol. The molecule has 0 aliphatic heterocycles. The van der Waals surface area contributed by atoms with Gasteiger partial charge in [0.1, 0.15) is 0 Å². The van der Waals surface area contributed by atoms with Gasteiger partial charge < -0.3 is 5.11 Å². The molecule has 0 radical (unpaired) electrons. The van der Waals surface area contributed by atoms with E-state index in [0.29, 0.717) is 16.5 Å². The first kappa shape index (κ1) is 11.6. The van der Waals surface area contributed by atoms with Crippen LogP contribution in [-0.2, 0) is 6.42 Å². The summed E-state index contributed by atoms with van der Waals surface area (Å²) >= 11 is 3.09. The highest BCUT2D eigenvalue weighted by Crippen LogP contribution is 2.30. The Morgan fingerprint density at radius 2 is 2.20 bits per heavy atom. The zero-order valence-corrected chi connectivity index (χ0v) is 9.44. The van der Waals surface area contributed by atoms with Crippen LogP contribution in [0.1, 0.15) is 22.8 Å². The number of rotatable bonds is 3. The Morgan fingerprint density at radius 1 is 1.60 bits per heavy atom. The molecule has 0 aliphatic rings. The van der Waals surface area contributed by atoms with E-state index in [-0.39, 0.29) is 11.3 Å². The summed E-state index contributed by atoms with van der Waals surface area (Å²) in [5.41, 5.74) is 0.329. The summed E-state index contributed by atoms with van der Waals surface area (Å²) in [5, 5.41) is 19.4. The highest BCUT2D eigenvalue weighted by atomic mass is 79.9. The van der Waals surface area contributed by atoms with Gasteiger partial charge in [0.25, 0.3) is 5.69 Å². The Labute approximate surface area is 94.0 Å². The van der Waals surface area contributed by atoms with E-state index in [2.05, 4.69) is 15.9 Å². The lowest BCUT2D eigenvalue weighted by Gasteiger charge is -2.04. The topological polar surface area (TPSA) is 80.4 Å². The summed E-state index contributed by atoms with van der Waals surface area (Å²) in [6.45, 7) is 1.80. The Bertz CT molecular complexity index is 430. The van der Waals surface area contributed by atoms with Gasteiger partial charge in [-0.3, -0.25) is 10.1 Å². The smallest absolute Gasteiger partial charge is 0.335 e. The molecule has 0 spiro atoms. The van der Waals surface area contributed by atoms with Crippen LogP contribution >= 0.6 is 15.9 Å². The van der Waals surface area contributed by atoms with Gasteiger partial charge in [-0.25, -0.2) is 4.79 Å². The third-order valence-corrected chi connectivity index (χ3v) is 2.87. The van der Waals surface area contributed by atoms with Crippen LogP contribution < -0.4 is 0 Å². The second kappa shape index (κ2) is 4.39. The van der Waals surface area contributed by atoms with Crippen molar-refractivity contribution in [1.29, 1.82) is 0 Å². The molecule has 0 aliphatic carbocycles. The Morgan fingerprint density at radius 3 is 2.60 bits per heavy atom. The molecule has 5 nitrogen and oxygen atoms in total. The fourth-order valence-corrected chi connectivity index (χ4v) is 1.84. The molecule has 15 heavy (non-hydrogen) atoms. The molecular weight excluding hydrogens is 266 g/mol. The molecule has 0 heterocycles. The number of carboxylic acid groups (broad SMARTS) is 1. The first-order valence-electron chi connectivity index (χ1n) is 4.17. The molecule has 1 aromatic rings. The number of hydrogen-bond donors (Lipinski definition) is 1. The molecule has 1 N–H and O–H groups in total. The molecule has 0 atom stereocenters. The number of halogens is 1. The SMILES string of the molecule is CCc1cc(C(=O)O)cc([N+](=O)[O-])c1Br. The maximum atomic E-state index is 10.7. The fourth-order valence-electron chi connectivity index (χ4n) is 1.18. The molecule has 6 heteroatoms. The minimum absolute atomic E-state index is 0.0678. The van der Waals surface area contributed by atoms with Gasteiger partial charge >= 0.3 is 5.97 Å². The lowest BCUT2D eigenvalue weighted by molar-refractivity contribution is -0.385. The third-order valence-electron chi connectivity index (χ3n) is 1.95. The Hall–Kier alpha value is -1.43. The molecule has 0 aromatic heterocycles. The normalized spacial score (nSPS) is 10.0. The van der Waals surface area contributed by atoms with Crippen molar-refractivity contribution in [1.82, 2.24) is 0 Å². The summed E-state index contributed by atoms with van der Waals surface area (Å²) in [4.78, 5) is 20.8. The Kier molecular flexibility index (Phi) is 3.41. The minimum atomic E-state index is -1.17. The van der Waals surface area contributed by atoms with Gasteiger partial charge in [-0.2, -0.15) is 0 Å². The van der Waals surface area contributed by atoms with Gasteiger partial charge in [0.05, 0.1) is 15.0 Å². The molecule has 1 aromatic carbocycles. The fraction of sp³-hybridized carbons (Fsp3) is 0.222. The summed E-state index contributed by atoms with van der Waals surface area (Å²) < 4.78 is 0.347. The molecule has 0 bridgehead atoms. The molecule has 0 saturated heterocycles. The quantitative estimate of drug-likeness (QED) is 0.678. The molecule has 0 amide bonds. The van der Waals surface area contributed by atoms with Crippen LogP contribution in [0.15, 0.2) is 16.6 Å². The van der Waals surface area contributed by atoms with E-state index in [1.54, 1.807) is 6.92 Å². The van der Waals surface area contributed by atoms with E-state index < -0.39 is 10.9 Å². The number of nitro groups is 1. The number of aromatic carboxylic acids is 1. The van der Waals surface area contributed by atoms with Gasteiger partial charge in [0, 0.05) is 6.07 Å². The number of hydrogen-bond acceptors (Lipinski definition) is 3. The van der Waals surface area contributed by atoms with E-state index in [1.807, 2.05) is 0 Å². The van der Waals surface area contributed by atoms with Crippen molar-refractivity contribution in [2.75, 3.05) is 0 Å². The van der Waals surface area contributed by atoms with Crippen molar-refractivity contribution >= 4 is 27.6 Å². The summed E-state index contributed by atoms with van der Waals surface area (Å²) in [6.07, 6.45) is 0.530. The maximum absolute atomic E-state index is 10.7. The largest absolute Gasteiger partial charge is 0.478 e. The third kappa shape index (κ3) is 2.33. The first-order valence-corrected chi connectivity index (χ1v) is 4.96. The van der Waals surface area contributed by atoms with Gasteiger partial charge in [0.15, 0.2) is 0 Å². The van der Waals surface area contributed by atoms with Gasteiger partial charge in [-0.1, -0.05) is 6.92 Å². The average molecular weight is 274 g/mol. The zero-order valence-electron chi connectivity index (χ0n) is 7.86. The van der Waals surface area contributed by atoms with Crippen molar-refractivity contribution in [3.8, 4) is 0 Å². The van der Waals surface area contributed by atoms with Crippen molar-refractivity contribution < 1.29 is 14.8 Å². The van der Waals surface area contributed by atoms with Crippen LogP contribution in [0.4, 0.5) is 5.69 Å². The first-order chi connectivity index (χ1) is 6.97. The predicted octanol–water partition coefficient (Wildman–Crippen LogP) is 2.62. The molecule has 0 saturated carbocycles. The number of carboxylic acids is 1. The number of aryl methyl sites for hydroxylation is 1. The number of nitrogens with zero attached hydrogens (tertiary/aromatic N) is 1. The van der Waals surface area contributed by atoms with Crippen molar-refractivity contribution in [3.63, 3.8) is 0 Å². The van der Waals surface area contributed by atoms with E-state index in [9.17, 15) is 14.9 Å². The highest BCUT2D eigenvalue weighted by molar-refractivity contribution is 9.10. The van der Waals surface area contributed by atoms with Crippen LogP contribution in [0, 0.1) is 10.1 Å². The van der Waals surface area contributed by atoms with Crippen LogP contribution in [0.2, 0.25) is 0 Å². The number of benzene rings is 1. The van der Waals surface area contributed by atoms with E-state index in [1.165, 1.54) is 6.07 Å². The minimum Gasteiger partial charge on any atom is -0.478 e. The van der Waals surface area contributed by atoms with E-state index in [4.69, 9.17) is 5.11 Å².